The molecular formula is C48H43N. The van der Waals surface area contributed by atoms with Crippen LogP contribution in [0.5, 0.6) is 0 Å². The van der Waals surface area contributed by atoms with Crippen LogP contribution in [-0.2, 0) is 10.8 Å². The predicted octanol–water partition coefficient (Wildman–Crippen LogP) is 13.7. The summed E-state index contributed by atoms with van der Waals surface area (Å²) in [5.41, 5.74) is 14.0. The monoisotopic (exact) mass is 633 g/mol. The summed E-state index contributed by atoms with van der Waals surface area (Å²) in [7, 11) is 0. The van der Waals surface area contributed by atoms with Gasteiger partial charge in [-0.05, 0) is 110 Å². The standard InChI is InChI=1S/C48H43N/c1-47(2)27-28-48(3,4)45-33-40-29-38(25-26-39(40)32-44(45)47)37-20-14-22-42(31-37)49(41-21-13-19-36(30-41)34-15-7-5-8-16-34)46-24-12-11-23-43(46)35-17-9-6-10-18-35/h5-26,29-33H,27-28H2,1-4H3. The fourth-order valence-corrected chi connectivity index (χ4v) is 7.73. The number of fused-ring (bicyclic) bond motifs is 2. The molecule has 0 radical (unpaired) electrons. The van der Waals surface area contributed by atoms with Gasteiger partial charge in [-0.3, -0.25) is 0 Å². The molecule has 7 aromatic rings. The lowest BCUT2D eigenvalue weighted by Crippen LogP contribution is -2.33. The Bertz CT molecular complexity index is 2280. The zero-order chi connectivity index (χ0) is 33.6. The van der Waals surface area contributed by atoms with Crippen LogP contribution in [0, 0.1) is 0 Å². The SMILES string of the molecule is CC1(C)CCC(C)(C)c2cc3cc(-c4cccc(N(c5cccc(-c6ccccc6)c5)c5ccccc5-c5ccccc5)c4)ccc3cc21. The summed E-state index contributed by atoms with van der Waals surface area (Å²) in [4.78, 5) is 2.42. The highest BCUT2D eigenvalue weighted by molar-refractivity contribution is 5.92. The average molecular weight is 634 g/mol. The average Bonchev–Trinajstić information content (AvgIpc) is 3.14. The van der Waals surface area contributed by atoms with Crippen LogP contribution in [0.3, 0.4) is 0 Å². The number of anilines is 3. The Morgan fingerprint density at radius 2 is 0.878 bits per heavy atom. The minimum atomic E-state index is 0.176. The highest BCUT2D eigenvalue weighted by Gasteiger charge is 2.37. The molecule has 0 saturated heterocycles. The van der Waals surface area contributed by atoms with Crippen molar-refractivity contribution in [1.82, 2.24) is 0 Å². The first-order chi connectivity index (χ1) is 23.8. The molecule has 0 fully saturated rings. The fourth-order valence-electron chi connectivity index (χ4n) is 7.73. The van der Waals surface area contributed by atoms with Gasteiger partial charge in [0.15, 0.2) is 0 Å². The van der Waals surface area contributed by atoms with E-state index in [1.165, 1.54) is 68.1 Å². The lowest BCUT2D eigenvalue weighted by atomic mass is 9.63. The molecule has 49 heavy (non-hydrogen) atoms. The van der Waals surface area contributed by atoms with Gasteiger partial charge in [0, 0.05) is 16.9 Å². The molecule has 1 heteroatoms. The summed E-state index contributed by atoms with van der Waals surface area (Å²) >= 11 is 0. The van der Waals surface area contributed by atoms with Crippen molar-refractivity contribution in [1.29, 1.82) is 0 Å². The topological polar surface area (TPSA) is 3.24 Å². The first kappa shape index (κ1) is 30.9. The maximum atomic E-state index is 2.48. The number of nitrogens with zero attached hydrogens (tertiary/aromatic N) is 1. The zero-order valence-electron chi connectivity index (χ0n) is 28.9. The Morgan fingerprint density at radius 3 is 1.51 bits per heavy atom. The quantitative estimate of drug-likeness (QED) is 0.176. The van der Waals surface area contributed by atoms with E-state index < -0.39 is 0 Å². The normalized spacial score (nSPS) is 14.7. The molecule has 1 aliphatic carbocycles. The second-order valence-corrected chi connectivity index (χ2v) is 14.9. The van der Waals surface area contributed by atoms with Crippen molar-refractivity contribution in [2.24, 2.45) is 0 Å². The smallest absolute Gasteiger partial charge is 0.0540 e. The number of rotatable bonds is 6. The van der Waals surface area contributed by atoms with Crippen molar-refractivity contribution in [3.63, 3.8) is 0 Å². The molecule has 0 N–H and O–H groups in total. The van der Waals surface area contributed by atoms with E-state index in [9.17, 15) is 0 Å². The third kappa shape index (κ3) is 5.85. The van der Waals surface area contributed by atoms with E-state index in [1.807, 2.05) is 0 Å². The number of hydrogen-bond acceptors (Lipinski definition) is 1. The molecule has 0 saturated carbocycles. The molecule has 0 atom stereocenters. The zero-order valence-corrected chi connectivity index (χ0v) is 28.9. The van der Waals surface area contributed by atoms with Gasteiger partial charge < -0.3 is 4.90 Å². The van der Waals surface area contributed by atoms with Crippen LogP contribution in [-0.4, -0.2) is 0 Å². The highest BCUT2D eigenvalue weighted by Crippen LogP contribution is 2.48. The third-order valence-electron chi connectivity index (χ3n) is 10.7. The summed E-state index contributed by atoms with van der Waals surface area (Å²) in [6.45, 7) is 9.64. The molecular weight excluding hydrogens is 591 g/mol. The molecule has 0 heterocycles. The summed E-state index contributed by atoms with van der Waals surface area (Å²) in [5, 5.41) is 2.63. The van der Waals surface area contributed by atoms with Crippen LogP contribution in [0.15, 0.2) is 164 Å². The van der Waals surface area contributed by atoms with E-state index in [2.05, 4.69) is 196 Å². The van der Waals surface area contributed by atoms with E-state index in [-0.39, 0.29) is 10.8 Å². The van der Waals surface area contributed by atoms with Crippen LogP contribution in [0.2, 0.25) is 0 Å². The van der Waals surface area contributed by atoms with Gasteiger partial charge in [-0.25, -0.2) is 0 Å². The molecule has 1 aliphatic rings. The summed E-state index contributed by atoms with van der Waals surface area (Å²) < 4.78 is 0. The third-order valence-corrected chi connectivity index (χ3v) is 10.7. The Hall–Kier alpha value is -5.40. The van der Waals surface area contributed by atoms with Crippen LogP contribution >= 0.6 is 0 Å². The van der Waals surface area contributed by atoms with Gasteiger partial charge in [0.1, 0.15) is 0 Å². The molecule has 0 aliphatic heterocycles. The summed E-state index contributed by atoms with van der Waals surface area (Å²) in [6, 6.07) is 60.0. The van der Waals surface area contributed by atoms with Crippen molar-refractivity contribution >= 4 is 27.8 Å². The Balaban J connectivity index is 1.28. The lowest BCUT2D eigenvalue weighted by molar-refractivity contribution is 0.332. The Kier molecular flexibility index (Phi) is 7.72. The van der Waals surface area contributed by atoms with Gasteiger partial charge in [-0.2, -0.15) is 0 Å². The van der Waals surface area contributed by atoms with E-state index in [0.29, 0.717) is 0 Å². The van der Waals surface area contributed by atoms with E-state index >= 15 is 0 Å². The number of para-hydroxylation sites is 1. The van der Waals surface area contributed by atoms with Gasteiger partial charge in [0.25, 0.3) is 0 Å². The second-order valence-electron chi connectivity index (χ2n) is 14.9. The molecule has 0 unspecified atom stereocenters. The van der Waals surface area contributed by atoms with Crippen molar-refractivity contribution in [3.05, 3.63) is 175 Å². The number of benzene rings is 7. The van der Waals surface area contributed by atoms with Crippen molar-refractivity contribution in [2.75, 3.05) is 4.90 Å². The molecule has 8 rings (SSSR count). The first-order valence-corrected chi connectivity index (χ1v) is 17.6. The Labute approximate surface area is 291 Å². The molecule has 0 bridgehead atoms. The van der Waals surface area contributed by atoms with Crippen LogP contribution in [0.25, 0.3) is 44.2 Å². The highest BCUT2D eigenvalue weighted by atomic mass is 15.1. The van der Waals surface area contributed by atoms with Crippen LogP contribution < -0.4 is 4.90 Å². The van der Waals surface area contributed by atoms with Crippen LogP contribution in [0.4, 0.5) is 17.1 Å². The Morgan fingerprint density at radius 1 is 0.388 bits per heavy atom. The second kappa shape index (κ2) is 12.2. The summed E-state index contributed by atoms with van der Waals surface area (Å²) in [5.74, 6) is 0. The minimum Gasteiger partial charge on any atom is -0.310 e. The lowest BCUT2D eigenvalue weighted by Gasteiger charge is -2.42. The van der Waals surface area contributed by atoms with Crippen LogP contribution in [0.1, 0.15) is 51.7 Å². The van der Waals surface area contributed by atoms with E-state index in [4.69, 9.17) is 0 Å². The fraction of sp³-hybridized carbons (Fsp3) is 0.167. The van der Waals surface area contributed by atoms with Crippen molar-refractivity contribution < 1.29 is 0 Å². The molecule has 0 spiro atoms. The van der Waals surface area contributed by atoms with Crippen molar-refractivity contribution in [2.45, 2.75) is 51.4 Å². The largest absolute Gasteiger partial charge is 0.310 e. The molecule has 0 amide bonds. The van der Waals surface area contributed by atoms with E-state index in [0.717, 1.165) is 17.1 Å². The molecule has 1 nitrogen and oxygen atoms in total. The van der Waals surface area contributed by atoms with Gasteiger partial charge >= 0.3 is 0 Å². The van der Waals surface area contributed by atoms with Gasteiger partial charge in [0.2, 0.25) is 0 Å². The summed E-state index contributed by atoms with van der Waals surface area (Å²) in [6.07, 6.45) is 2.44. The predicted molar refractivity (Wildman–Crippen MR) is 210 cm³/mol. The van der Waals surface area contributed by atoms with E-state index in [1.54, 1.807) is 0 Å². The van der Waals surface area contributed by atoms with Gasteiger partial charge in [-0.15, -0.1) is 0 Å². The maximum absolute atomic E-state index is 2.48. The van der Waals surface area contributed by atoms with Crippen molar-refractivity contribution in [3.8, 4) is 33.4 Å². The number of hydrogen-bond donors (Lipinski definition) is 0. The maximum Gasteiger partial charge on any atom is 0.0540 e. The van der Waals surface area contributed by atoms with Gasteiger partial charge in [0.05, 0.1) is 5.69 Å². The molecule has 240 valence electrons. The van der Waals surface area contributed by atoms with Gasteiger partial charge in [-0.1, -0.05) is 155 Å². The first-order valence-electron chi connectivity index (χ1n) is 17.6. The minimum absolute atomic E-state index is 0.176. The molecule has 7 aromatic carbocycles. The molecule has 0 aromatic heterocycles.